The summed E-state index contributed by atoms with van der Waals surface area (Å²) in [5.74, 6) is 0. The molecule has 3 nitrogen and oxygen atoms in total. The Morgan fingerprint density at radius 3 is 1.89 bits per heavy atom. The summed E-state index contributed by atoms with van der Waals surface area (Å²) < 4.78 is 0. The van der Waals surface area contributed by atoms with Crippen LogP contribution in [0.15, 0.2) is 0 Å². The quantitative estimate of drug-likeness (QED) is 0.452. The summed E-state index contributed by atoms with van der Waals surface area (Å²) in [6.07, 6.45) is 0.875. The Bertz CT molecular complexity index is 36.7. The molecule has 3 N–H and O–H groups in total. The number of rotatable bonds is 1. The van der Waals surface area contributed by atoms with Gasteiger partial charge in [0.25, 0.3) is 0 Å². The maximum absolute atomic E-state index is 7.88. The Labute approximate surface area is 56.5 Å². The average Bonchev–Trinajstić information content (AvgIpc) is 2.43. The van der Waals surface area contributed by atoms with E-state index in [1.165, 1.54) is 0 Å². The van der Waals surface area contributed by atoms with Crippen molar-refractivity contribution in [3.8, 4) is 0 Å². The third kappa shape index (κ3) is 7.88. The summed E-state index contributed by atoms with van der Waals surface area (Å²) in [6.45, 7) is 5.53. The van der Waals surface area contributed by atoms with Gasteiger partial charge in [-0.3, -0.25) is 0 Å². The summed E-state index contributed by atoms with van der Waals surface area (Å²) in [7, 11) is 0. The van der Waals surface area contributed by atoms with E-state index in [9.17, 15) is 0 Å². The minimum absolute atomic E-state index is 0.319. The van der Waals surface area contributed by atoms with Crippen molar-refractivity contribution in [2.24, 2.45) is 0 Å². The lowest BCUT2D eigenvalue weighted by atomic mass is 10.5. The smallest absolute Gasteiger partial charge is 0.0455 e. The number of hydrogen-bond donors (Lipinski definition) is 3. The van der Waals surface area contributed by atoms with Gasteiger partial charge >= 0.3 is 0 Å². The zero-order chi connectivity index (χ0) is 6.95. The van der Waals surface area contributed by atoms with Crippen molar-refractivity contribution < 1.29 is 5.11 Å². The van der Waals surface area contributed by atoms with Crippen LogP contribution in [-0.4, -0.2) is 31.5 Å². The Kier molecular flexibility index (Phi) is 7.77. The van der Waals surface area contributed by atoms with E-state index in [-0.39, 0.29) is 0 Å². The molecule has 0 amide bonds. The van der Waals surface area contributed by atoms with Gasteiger partial charge in [-0.05, 0) is 6.42 Å². The molecule has 1 rings (SSSR count). The molecule has 56 valence electrons. The van der Waals surface area contributed by atoms with E-state index >= 15 is 0 Å². The second kappa shape index (κ2) is 7.88. The molecule has 0 aliphatic carbocycles. The highest BCUT2D eigenvalue weighted by Gasteiger charge is 1.90. The summed E-state index contributed by atoms with van der Waals surface area (Å²) >= 11 is 0. The minimum atomic E-state index is 0.319. The molecular weight excluding hydrogens is 116 g/mol. The van der Waals surface area contributed by atoms with Crippen LogP contribution in [0.1, 0.15) is 13.3 Å². The molecule has 1 aliphatic heterocycles. The Hall–Kier alpha value is -0.120. The van der Waals surface area contributed by atoms with E-state index in [0.717, 1.165) is 26.2 Å². The van der Waals surface area contributed by atoms with Crippen molar-refractivity contribution in [3.63, 3.8) is 0 Å². The molecule has 0 atom stereocenters. The van der Waals surface area contributed by atoms with Gasteiger partial charge in [0, 0.05) is 26.4 Å². The van der Waals surface area contributed by atoms with Gasteiger partial charge in [-0.2, -0.15) is 0 Å². The van der Waals surface area contributed by atoms with Gasteiger partial charge in [0.15, 0.2) is 0 Å². The maximum Gasteiger partial charge on any atom is 0.0455 e. The highest BCUT2D eigenvalue weighted by atomic mass is 16.2. The predicted molar refractivity (Wildman–Crippen MR) is 38.2 cm³/mol. The molecule has 1 fully saturated rings. The van der Waals surface area contributed by atoms with E-state index in [4.69, 9.17) is 5.11 Å². The first-order valence-corrected chi connectivity index (χ1v) is 3.44. The van der Waals surface area contributed by atoms with E-state index in [2.05, 4.69) is 10.6 Å². The first-order valence-electron chi connectivity index (χ1n) is 3.44. The van der Waals surface area contributed by atoms with Gasteiger partial charge in [0.2, 0.25) is 0 Å². The fourth-order valence-electron chi connectivity index (χ4n) is 0.442. The van der Waals surface area contributed by atoms with Crippen LogP contribution < -0.4 is 10.6 Å². The monoisotopic (exact) mass is 132 g/mol. The third-order valence-corrected chi connectivity index (χ3v) is 0.952. The van der Waals surface area contributed by atoms with Crippen molar-refractivity contribution in [2.45, 2.75) is 13.3 Å². The summed E-state index contributed by atoms with van der Waals surface area (Å²) in [6, 6.07) is 0. The van der Waals surface area contributed by atoms with Crippen LogP contribution in [0, 0.1) is 0 Å². The van der Waals surface area contributed by atoms with Crippen molar-refractivity contribution >= 4 is 0 Å². The zero-order valence-corrected chi connectivity index (χ0v) is 5.98. The molecule has 0 aromatic carbocycles. The normalized spacial score (nSPS) is 16.7. The molecule has 0 spiro atoms. The standard InChI is InChI=1S/C3H8N2.C3H8O/c1-2-5-3-4-1;1-2-3-4/h4-5H,1-3H2;4H,2-3H2,1H3. The fourth-order valence-corrected chi connectivity index (χ4v) is 0.442. The maximum atomic E-state index is 7.88. The zero-order valence-electron chi connectivity index (χ0n) is 5.98. The van der Waals surface area contributed by atoms with Crippen LogP contribution in [0.25, 0.3) is 0 Å². The minimum Gasteiger partial charge on any atom is -0.396 e. The molecule has 1 aliphatic rings. The fraction of sp³-hybridized carbons (Fsp3) is 1.00. The number of nitrogens with one attached hydrogen (secondary N) is 2. The van der Waals surface area contributed by atoms with E-state index in [0.29, 0.717) is 6.61 Å². The molecule has 0 aromatic heterocycles. The second-order valence-electron chi connectivity index (χ2n) is 1.90. The Balaban J connectivity index is 0.000000148. The molecule has 1 saturated heterocycles. The predicted octanol–water partition coefficient (Wildman–Crippen LogP) is -0.475. The first kappa shape index (κ1) is 8.88. The molecular formula is C6H16N2O. The molecule has 0 saturated carbocycles. The van der Waals surface area contributed by atoms with Gasteiger partial charge in [0.05, 0.1) is 0 Å². The lowest BCUT2D eigenvalue weighted by Crippen LogP contribution is -2.11. The summed E-state index contributed by atoms with van der Waals surface area (Å²) in [5, 5.41) is 14.1. The molecule has 0 bridgehead atoms. The first-order chi connectivity index (χ1) is 4.41. The van der Waals surface area contributed by atoms with Crippen LogP contribution in [-0.2, 0) is 0 Å². The van der Waals surface area contributed by atoms with Gasteiger partial charge in [-0.1, -0.05) is 6.92 Å². The van der Waals surface area contributed by atoms with Crippen LogP contribution >= 0.6 is 0 Å². The van der Waals surface area contributed by atoms with E-state index in [1.54, 1.807) is 0 Å². The molecule has 0 radical (unpaired) electrons. The number of aliphatic hydroxyl groups excluding tert-OH is 1. The van der Waals surface area contributed by atoms with Gasteiger partial charge in [-0.25, -0.2) is 0 Å². The Morgan fingerprint density at radius 1 is 1.33 bits per heavy atom. The van der Waals surface area contributed by atoms with Gasteiger partial charge in [0.1, 0.15) is 0 Å². The van der Waals surface area contributed by atoms with Gasteiger partial charge in [-0.15, -0.1) is 0 Å². The molecule has 0 aromatic rings. The van der Waals surface area contributed by atoms with E-state index in [1.807, 2.05) is 6.92 Å². The van der Waals surface area contributed by atoms with Crippen molar-refractivity contribution in [2.75, 3.05) is 26.4 Å². The molecule has 0 unspecified atom stereocenters. The van der Waals surface area contributed by atoms with Crippen LogP contribution in [0.4, 0.5) is 0 Å². The van der Waals surface area contributed by atoms with Crippen molar-refractivity contribution in [1.29, 1.82) is 0 Å². The molecule has 9 heavy (non-hydrogen) atoms. The summed E-state index contributed by atoms with van der Waals surface area (Å²) in [5.41, 5.74) is 0. The lowest BCUT2D eigenvalue weighted by Gasteiger charge is -1.77. The highest BCUT2D eigenvalue weighted by molar-refractivity contribution is 4.55. The SMILES string of the molecule is C1CNCN1.CCCO. The van der Waals surface area contributed by atoms with Crippen molar-refractivity contribution in [3.05, 3.63) is 0 Å². The highest BCUT2D eigenvalue weighted by Crippen LogP contribution is 1.62. The molecule has 1 heterocycles. The van der Waals surface area contributed by atoms with Gasteiger partial charge < -0.3 is 15.7 Å². The topological polar surface area (TPSA) is 44.3 Å². The third-order valence-electron chi connectivity index (χ3n) is 0.952. The van der Waals surface area contributed by atoms with E-state index < -0.39 is 0 Å². The summed E-state index contributed by atoms with van der Waals surface area (Å²) in [4.78, 5) is 0. The second-order valence-corrected chi connectivity index (χ2v) is 1.90. The van der Waals surface area contributed by atoms with Crippen LogP contribution in [0.2, 0.25) is 0 Å². The van der Waals surface area contributed by atoms with Crippen LogP contribution in [0.3, 0.4) is 0 Å². The average molecular weight is 132 g/mol. The Morgan fingerprint density at radius 2 is 1.78 bits per heavy atom. The number of aliphatic hydroxyl groups is 1. The van der Waals surface area contributed by atoms with Crippen LogP contribution in [0.5, 0.6) is 0 Å². The largest absolute Gasteiger partial charge is 0.396 e. The van der Waals surface area contributed by atoms with Crippen molar-refractivity contribution in [1.82, 2.24) is 10.6 Å². The lowest BCUT2D eigenvalue weighted by molar-refractivity contribution is 0.295. The number of hydrogen-bond acceptors (Lipinski definition) is 3. The molecule has 3 heteroatoms.